The molecule has 54 valence electrons. The van der Waals surface area contributed by atoms with Crippen molar-refractivity contribution in [1.82, 2.24) is 9.97 Å². The topological polar surface area (TPSA) is 72.0 Å². The van der Waals surface area contributed by atoms with E-state index in [1.54, 1.807) is 0 Å². The highest BCUT2D eigenvalue weighted by Crippen LogP contribution is 2.09. The van der Waals surface area contributed by atoms with Crippen molar-refractivity contribution in [3.63, 3.8) is 0 Å². The van der Waals surface area contributed by atoms with Crippen LogP contribution in [0.25, 0.3) is 0 Å². The first kappa shape index (κ1) is 7.43. The molecule has 10 heavy (non-hydrogen) atoms. The van der Waals surface area contributed by atoms with Crippen LogP contribution in [0.4, 0.5) is 5.82 Å². The van der Waals surface area contributed by atoms with Crippen molar-refractivity contribution in [3.8, 4) is 0 Å². The van der Waals surface area contributed by atoms with Gasteiger partial charge in [0.15, 0.2) is 0 Å². The zero-order chi connectivity index (χ0) is 7.56. The van der Waals surface area contributed by atoms with Gasteiger partial charge in [-0.2, -0.15) is 0 Å². The van der Waals surface area contributed by atoms with Gasteiger partial charge in [-0.05, 0) is 15.9 Å². The van der Waals surface area contributed by atoms with E-state index in [0.717, 1.165) is 0 Å². The van der Waals surface area contributed by atoms with Crippen molar-refractivity contribution in [2.75, 3.05) is 5.73 Å². The van der Waals surface area contributed by atoms with Gasteiger partial charge in [0, 0.05) is 0 Å². The Labute approximate surface area is 66.2 Å². The highest BCUT2D eigenvalue weighted by Gasteiger charge is 1.99. The minimum absolute atomic E-state index is 0.182. The molecule has 5 heteroatoms. The number of nitrogens with two attached hydrogens (primary N) is 1. The first-order valence-corrected chi connectivity index (χ1v) is 3.41. The standard InChI is InChI=1S/C5H6BrN3O/c6-4-1-8-5(7)3(2-10)9-4/h1,10H,2H2,(H2,7,8). The summed E-state index contributed by atoms with van der Waals surface area (Å²) in [6.45, 7) is -0.182. The molecular weight excluding hydrogens is 198 g/mol. The molecule has 1 aromatic heterocycles. The van der Waals surface area contributed by atoms with Gasteiger partial charge in [-0.3, -0.25) is 0 Å². The van der Waals surface area contributed by atoms with Gasteiger partial charge in [0.1, 0.15) is 16.1 Å². The van der Waals surface area contributed by atoms with Gasteiger partial charge < -0.3 is 10.8 Å². The lowest BCUT2D eigenvalue weighted by atomic mass is 10.4. The van der Waals surface area contributed by atoms with Gasteiger partial charge in [0.05, 0.1) is 12.8 Å². The zero-order valence-electron chi connectivity index (χ0n) is 5.08. The van der Waals surface area contributed by atoms with Gasteiger partial charge in [0.2, 0.25) is 0 Å². The Balaban J connectivity index is 3.09. The predicted molar refractivity (Wildman–Crippen MR) is 40.1 cm³/mol. The minimum atomic E-state index is -0.182. The molecule has 0 aliphatic heterocycles. The van der Waals surface area contributed by atoms with E-state index in [4.69, 9.17) is 10.8 Å². The van der Waals surface area contributed by atoms with Gasteiger partial charge in [-0.25, -0.2) is 9.97 Å². The normalized spacial score (nSPS) is 9.80. The fourth-order valence-corrected chi connectivity index (χ4v) is 0.845. The summed E-state index contributed by atoms with van der Waals surface area (Å²) in [6.07, 6.45) is 1.48. The summed E-state index contributed by atoms with van der Waals surface area (Å²) < 4.78 is 0.575. The molecule has 3 N–H and O–H groups in total. The second-order valence-electron chi connectivity index (χ2n) is 1.68. The fraction of sp³-hybridized carbons (Fsp3) is 0.200. The van der Waals surface area contributed by atoms with Crippen molar-refractivity contribution >= 4 is 21.7 Å². The average molecular weight is 204 g/mol. The summed E-state index contributed by atoms with van der Waals surface area (Å²) in [5, 5.41) is 8.64. The van der Waals surface area contributed by atoms with Crippen LogP contribution in [0, 0.1) is 0 Å². The Bertz CT molecular complexity index is 240. The molecule has 0 spiro atoms. The molecule has 0 aliphatic carbocycles. The van der Waals surface area contributed by atoms with Crippen molar-refractivity contribution in [1.29, 1.82) is 0 Å². The van der Waals surface area contributed by atoms with Crippen molar-refractivity contribution < 1.29 is 5.11 Å². The van der Waals surface area contributed by atoms with E-state index in [0.29, 0.717) is 10.3 Å². The van der Waals surface area contributed by atoms with E-state index >= 15 is 0 Å². The first-order chi connectivity index (χ1) is 4.74. The molecule has 1 rings (SSSR count). The van der Waals surface area contributed by atoms with E-state index < -0.39 is 0 Å². The van der Waals surface area contributed by atoms with E-state index in [9.17, 15) is 0 Å². The predicted octanol–water partition coefficient (Wildman–Crippen LogP) is 0.314. The summed E-state index contributed by atoms with van der Waals surface area (Å²) in [7, 11) is 0. The molecular formula is C5H6BrN3O. The summed E-state index contributed by atoms with van der Waals surface area (Å²) >= 11 is 3.10. The number of hydrogen-bond donors (Lipinski definition) is 2. The third-order valence-electron chi connectivity index (χ3n) is 0.997. The van der Waals surface area contributed by atoms with E-state index in [-0.39, 0.29) is 12.4 Å². The van der Waals surface area contributed by atoms with Crippen LogP contribution in [0.1, 0.15) is 5.69 Å². The second kappa shape index (κ2) is 2.94. The molecule has 0 bridgehead atoms. The molecule has 1 aromatic rings. The molecule has 0 atom stereocenters. The highest BCUT2D eigenvalue weighted by molar-refractivity contribution is 9.10. The number of hydrogen-bond acceptors (Lipinski definition) is 4. The molecule has 0 saturated heterocycles. The molecule has 0 fully saturated rings. The summed E-state index contributed by atoms with van der Waals surface area (Å²) in [4.78, 5) is 7.63. The van der Waals surface area contributed by atoms with Crippen molar-refractivity contribution in [2.24, 2.45) is 0 Å². The van der Waals surface area contributed by atoms with Gasteiger partial charge in [0.25, 0.3) is 0 Å². The Morgan fingerprint density at radius 1 is 1.70 bits per heavy atom. The van der Waals surface area contributed by atoms with Gasteiger partial charge >= 0.3 is 0 Å². The van der Waals surface area contributed by atoms with Crippen LogP contribution in [-0.2, 0) is 6.61 Å². The molecule has 0 amide bonds. The number of aliphatic hydroxyl groups excluding tert-OH is 1. The van der Waals surface area contributed by atoms with Crippen LogP contribution in [0.5, 0.6) is 0 Å². The summed E-state index contributed by atoms with van der Waals surface area (Å²) in [5.41, 5.74) is 5.74. The third kappa shape index (κ3) is 1.43. The van der Waals surface area contributed by atoms with Crippen LogP contribution in [-0.4, -0.2) is 15.1 Å². The number of anilines is 1. The van der Waals surface area contributed by atoms with Gasteiger partial charge in [-0.1, -0.05) is 0 Å². The van der Waals surface area contributed by atoms with Crippen LogP contribution < -0.4 is 5.73 Å². The molecule has 1 heterocycles. The van der Waals surface area contributed by atoms with Crippen molar-refractivity contribution in [2.45, 2.75) is 6.61 Å². The number of nitrogen functional groups attached to an aromatic ring is 1. The molecule has 0 saturated carbocycles. The summed E-state index contributed by atoms with van der Waals surface area (Å²) in [6, 6.07) is 0. The zero-order valence-corrected chi connectivity index (χ0v) is 6.67. The maximum Gasteiger partial charge on any atom is 0.147 e. The third-order valence-corrected chi connectivity index (χ3v) is 1.38. The fourth-order valence-electron chi connectivity index (χ4n) is 0.529. The lowest BCUT2D eigenvalue weighted by Crippen LogP contribution is -2.00. The highest BCUT2D eigenvalue weighted by atomic mass is 79.9. The van der Waals surface area contributed by atoms with Crippen LogP contribution in [0.3, 0.4) is 0 Å². The molecule has 0 aliphatic rings. The number of aliphatic hydroxyl groups is 1. The number of nitrogens with zero attached hydrogens (tertiary/aromatic N) is 2. The Morgan fingerprint density at radius 3 is 2.90 bits per heavy atom. The monoisotopic (exact) mass is 203 g/mol. The van der Waals surface area contributed by atoms with Gasteiger partial charge in [-0.15, -0.1) is 0 Å². The SMILES string of the molecule is Nc1ncc(Br)nc1CO. The first-order valence-electron chi connectivity index (χ1n) is 2.62. The lowest BCUT2D eigenvalue weighted by molar-refractivity contribution is 0.277. The van der Waals surface area contributed by atoms with Crippen LogP contribution in [0.2, 0.25) is 0 Å². The van der Waals surface area contributed by atoms with E-state index in [2.05, 4.69) is 25.9 Å². The Kier molecular flexibility index (Phi) is 2.18. The quantitative estimate of drug-likeness (QED) is 0.690. The number of aromatic nitrogens is 2. The van der Waals surface area contributed by atoms with Crippen LogP contribution >= 0.6 is 15.9 Å². The number of rotatable bonds is 1. The summed E-state index contributed by atoms with van der Waals surface area (Å²) in [5.74, 6) is 0.269. The van der Waals surface area contributed by atoms with E-state index in [1.165, 1.54) is 6.20 Å². The van der Waals surface area contributed by atoms with E-state index in [1.807, 2.05) is 0 Å². The maximum absolute atomic E-state index is 8.64. The number of halogens is 1. The minimum Gasteiger partial charge on any atom is -0.390 e. The van der Waals surface area contributed by atoms with Crippen molar-refractivity contribution in [3.05, 3.63) is 16.5 Å². The molecule has 0 aromatic carbocycles. The Morgan fingerprint density at radius 2 is 2.40 bits per heavy atom. The average Bonchev–Trinajstić information content (AvgIpc) is 1.94. The maximum atomic E-state index is 8.64. The molecule has 4 nitrogen and oxygen atoms in total. The van der Waals surface area contributed by atoms with Crippen LogP contribution in [0.15, 0.2) is 10.8 Å². The lowest BCUT2D eigenvalue weighted by Gasteiger charge is -1.98. The largest absolute Gasteiger partial charge is 0.390 e. The molecule has 0 radical (unpaired) electrons. The second-order valence-corrected chi connectivity index (χ2v) is 2.50. The molecule has 0 unspecified atom stereocenters. The smallest absolute Gasteiger partial charge is 0.147 e. The Hall–Kier alpha value is -0.680.